The van der Waals surface area contributed by atoms with E-state index in [9.17, 15) is 4.79 Å². The van der Waals surface area contributed by atoms with Crippen LogP contribution in [-0.4, -0.2) is 11.4 Å². The van der Waals surface area contributed by atoms with Crippen LogP contribution in [0.2, 0.25) is 0 Å². The van der Waals surface area contributed by atoms with Gasteiger partial charge in [0, 0.05) is 0 Å². The molecular weight excluding hydrogens is 160 g/mol. The number of hydrazine groups is 1. The lowest BCUT2D eigenvalue weighted by atomic mass is 10.3. The quantitative estimate of drug-likeness (QED) is 0.458. The summed E-state index contributed by atoms with van der Waals surface area (Å²) in [7, 11) is 0. The molecule has 3 N–H and O–H groups in total. The first-order valence-corrected chi connectivity index (χ1v) is 3.25. The lowest BCUT2D eigenvalue weighted by Gasteiger charge is -2.04. The van der Waals surface area contributed by atoms with Gasteiger partial charge in [-0.05, 0) is 12.1 Å². The van der Waals surface area contributed by atoms with Crippen molar-refractivity contribution < 1.29 is 14.9 Å². The van der Waals surface area contributed by atoms with Gasteiger partial charge in [-0.3, -0.25) is 10.3 Å². The fraction of sp³-hybridized carbons (Fsp3) is 0. The summed E-state index contributed by atoms with van der Waals surface area (Å²) in [6.45, 7) is 0. The van der Waals surface area contributed by atoms with Crippen molar-refractivity contribution in [3.05, 3.63) is 30.3 Å². The molecule has 0 aromatic heterocycles. The molecule has 5 heteroatoms. The van der Waals surface area contributed by atoms with E-state index in [4.69, 9.17) is 5.26 Å². The minimum Gasteiger partial charge on any atom is -0.296 e. The Hall–Kier alpha value is -1.75. The normalized spacial score (nSPS) is 8.75. The van der Waals surface area contributed by atoms with Gasteiger partial charge in [0.2, 0.25) is 0 Å². The summed E-state index contributed by atoms with van der Waals surface area (Å²) in [6.07, 6.45) is -0.959. The fourth-order valence-electron chi connectivity index (χ4n) is 0.668. The van der Waals surface area contributed by atoms with Gasteiger partial charge in [0.1, 0.15) is 0 Å². The van der Waals surface area contributed by atoms with Gasteiger partial charge in [0.25, 0.3) is 0 Å². The van der Waals surface area contributed by atoms with Gasteiger partial charge < -0.3 is 0 Å². The van der Waals surface area contributed by atoms with E-state index >= 15 is 0 Å². The molecule has 0 saturated carbocycles. The van der Waals surface area contributed by atoms with Crippen LogP contribution in [0.5, 0.6) is 0 Å². The number of anilines is 1. The Morgan fingerprint density at radius 3 is 2.58 bits per heavy atom. The third kappa shape index (κ3) is 2.47. The number of nitrogens with one attached hydrogen (secondary N) is 2. The third-order valence-corrected chi connectivity index (χ3v) is 1.17. The van der Waals surface area contributed by atoms with Crippen molar-refractivity contribution in [1.29, 1.82) is 0 Å². The molecule has 0 saturated heterocycles. The van der Waals surface area contributed by atoms with Gasteiger partial charge in [-0.25, -0.2) is 10.2 Å². The van der Waals surface area contributed by atoms with Crippen molar-refractivity contribution in [2.75, 3.05) is 5.43 Å². The van der Waals surface area contributed by atoms with E-state index < -0.39 is 6.09 Å². The first kappa shape index (κ1) is 8.35. The Bertz CT molecular complexity index is 250. The lowest BCUT2D eigenvalue weighted by molar-refractivity contribution is -0.177. The Balaban J connectivity index is 2.38. The molecule has 12 heavy (non-hydrogen) atoms. The van der Waals surface area contributed by atoms with Crippen molar-refractivity contribution in [1.82, 2.24) is 5.43 Å². The maximum absolute atomic E-state index is 10.3. The molecule has 0 fully saturated rings. The van der Waals surface area contributed by atoms with Gasteiger partial charge in [-0.2, -0.15) is 5.26 Å². The number of hydrogen-bond donors (Lipinski definition) is 3. The molecular formula is C7H8N2O3. The average Bonchev–Trinajstić information content (AvgIpc) is 2.16. The summed E-state index contributed by atoms with van der Waals surface area (Å²) in [5.74, 6) is 0. The molecule has 64 valence electrons. The Morgan fingerprint density at radius 2 is 2.00 bits per heavy atom. The van der Waals surface area contributed by atoms with E-state index in [1.165, 1.54) is 0 Å². The fourth-order valence-corrected chi connectivity index (χ4v) is 0.668. The molecule has 1 aromatic rings. The zero-order valence-corrected chi connectivity index (χ0v) is 6.15. The van der Waals surface area contributed by atoms with Gasteiger partial charge in [0.05, 0.1) is 5.69 Å². The molecule has 0 aliphatic heterocycles. The molecule has 0 aliphatic carbocycles. The Labute approximate surface area is 68.9 Å². The second-order valence-electron chi connectivity index (χ2n) is 1.99. The van der Waals surface area contributed by atoms with Crippen LogP contribution >= 0.6 is 0 Å². The summed E-state index contributed by atoms with van der Waals surface area (Å²) in [5, 5.41) is 7.86. The predicted molar refractivity (Wildman–Crippen MR) is 42.3 cm³/mol. The molecule has 1 aromatic carbocycles. The molecule has 5 nitrogen and oxygen atoms in total. The highest BCUT2D eigenvalue weighted by Gasteiger charge is 1.97. The average molecular weight is 168 g/mol. The van der Waals surface area contributed by atoms with Crippen molar-refractivity contribution >= 4 is 11.8 Å². The third-order valence-electron chi connectivity index (χ3n) is 1.17. The SMILES string of the molecule is O=C(NNc1ccccc1)OO. The largest absolute Gasteiger partial charge is 0.457 e. The summed E-state index contributed by atoms with van der Waals surface area (Å²) < 4.78 is 0. The van der Waals surface area contributed by atoms with Gasteiger partial charge in [-0.1, -0.05) is 18.2 Å². The first-order chi connectivity index (χ1) is 5.83. The van der Waals surface area contributed by atoms with Crippen LogP contribution in [0.1, 0.15) is 0 Å². The Morgan fingerprint density at radius 1 is 1.33 bits per heavy atom. The van der Waals surface area contributed by atoms with Crippen LogP contribution in [0.15, 0.2) is 30.3 Å². The molecule has 1 amide bonds. The predicted octanol–water partition coefficient (Wildman–Crippen LogP) is 1.21. The standard InChI is InChI=1S/C7H8N2O3/c10-7(12-11)9-8-6-4-2-1-3-5-6/h1-5,8,11H,(H,9,10). The number of carbonyl (C=O) groups is 1. The topological polar surface area (TPSA) is 70.6 Å². The molecule has 1 rings (SSSR count). The van der Waals surface area contributed by atoms with E-state index in [-0.39, 0.29) is 0 Å². The van der Waals surface area contributed by atoms with Crippen LogP contribution in [0.3, 0.4) is 0 Å². The van der Waals surface area contributed by atoms with E-state index in [2.05, 4.69) is 15.7 Å². The highest BCUT2D eigenvalue weighted by molar-refractivity contribution is 5.68. The monoisotopic (exact) mass is 168 g/mol. The molecule has 0 unspecified atom stereocenters. The maximum Gasteiger partial charge on any atom is 0.457 e. The van der Waals surface area contributed by atoms with E-state index in [0.717, 1.165) is 0 Å². The highest BCUT2D eigenvalue weighted by Crippen LogP contribution is 2.02. The molecule has 0 aliphatic rings. The molecule has 0 radical (unpaired) electrons. The summed E-state index contributed by atoms with van der Waals surface area (Å²) >= 11 is 0. The molecule has 0 heterocycles. The van der Waals surface area contributed by atoms with Gasteiger partial charge >= 0.3 is 6.09 Å². The van der Waals surface area contributed by atoms with Crippen LogP contribution in [0, 0.1) is 0 Å². The minimum atomic E-state index is -0.959. The molecule has 0 atom stereocenters. The zero-order chi connectivity index (χ0) is 8.81. The van der Waals surface area contributed by atoms with E-state index in [0.29, 0.717) is 5.69 Å². The van der Waals surface area contributed by atoms with Crippen molar-refractivity contribution in [2.24, 2.45) is 0 Å². The number of rotatable bonds is 2. The molecule has 0 bridgehead atoms. The number of hydrogen-bond acceptors (Lipinski definition) is 4. The zero-order valence-electron chi connectivity index (χ0n) is 6.15. The number of benzene rings is 1. The Kier molecular flexibility index (Phi) is 2.92. The number of para-hydroxylation sites is 1. The van der Waals surface area contributed by atoms with Crippen molar-refractivity contribution in [2.45, 2.75) is 0 Å². The smallest absolute Gasteiger partial charge is 0.296 e. The van der Waals surface area contributed by atoms with E-state index in [1.807, 2.05) is 6.07 Å². The van der Waals surface area contributed by atoms with Crippen LogP contribution in [0.25, 0.3) is 0 Å². The second kappa shape index (κ2) is 4.20. The van der Waals surface area contributed by atoms with Gasteiger partial charge in [-0.15, -0.1) is 0 Å². The second-order valence-corrected chi connectivity index (χ2v) is 1.99. The van der Waals surface area contributed by atoms with Crippen LogP contribution in [0.4, 0.5) is 10.5 Å². The van der Waals surface area contributed by atoms with Crippen molar-refractivity contribution in [3.8, 4) is 0 Å². The van der Waals surface area contributed by atoms with E-state index in [1.54, 1.807) is 24.3 Å². The first-order valence-electron chi connectivity index (χ1n) is 3.25. The maximum atomic E-state index is 10.3. The highest BCUT2D eigenvalue weighted by atomic mass is 17.1. The van der Waals surface area contributed by atoms with Gasteiger partial charge in [0.15, 0.2) is 0 Å². The number of carbonyl (C=O) groups excluding carboxylic acids is 1. The summed E-state index contributed by atoms with van der Waals surface area (Å²) in [4.78, 5) is 13.7. The molecule has 0 spiro atoms. The van der Waals surface area contributed by atoms with Crippen molar-refractivity contribution in [3.63, 3.8) is 0 Å². The lowest BCUT2D eigenvalue weighted by Crippen LogP contribution is -2.29. The number of amides is 1. The van der Waals surface area contributed by atoms with Crippen LogP contribution < -0.4 is 10.9 Å². The summed E-state index contributed by atoms with van der Waals surface area (Å²) in [6, 6.07) is 8.94. The summed E-state index contributed by atoms with van der Waals surface area (Å²) in [5.41, 5.74) is 5.30. The van der Waals surface area contributed by atoms with Crippen LogP contribution in [-0.2, 0) is 4.89 Å². The minimum absolute atomic E-state index is 0.697.